The molecule has 1 aliphatic carbocycles. The van der Waals surface area contributed by atoms with E-state index in [9.17, 15) is 4.79 Å². The molecule has 0 spiro atoms. The Balaban J connectivity index is 1.99. The molecule has 2 fully saturated rings. The van der Waals surface area contributed by atoms with Gasteiger partial charge in [0.15, 0.2) is 0 Å². The molecule has 1 amide bonds. The molecule has 0 aromatic carbocycles. The highest BCUT2D eigenvalue weighted by molar-refractivity contribution is 5.86. The lowest BCUT2D eigenvalue weighted by molar-refractivity contribution is -0.140. The predicted molar refractivity (Wildman–Crippen MR) is 78.2 cm³/mol. The molecule has 0 aromatic heterocycles. The number of likely N-dealkylation sites (N-methyl/N-ethyl adjacent to an activating group) is 2. The first kappa shape index (κ1) is 14.8. The Morgan fingerprint density at radius 2 is 1.79 bits per heavy atom. The van der Waals surface area contributed by atoms with Gasteiger partial charge in [0, 0.05) is 19.1 Å². The number of piperidine rings is 1. The number of nitrogens with zero attached hydrogens (tertiary/aromatic N) is 2. The van der Waals surface area contributed by atoms with Gasteiger partial charge in [0.1, 0.15) is 0 Å². The number of amides is 1. The van der Waals surface area contributed by atoms with E-state index in [0.717, 1.165) is 25.9 Å². The van der Waals surface area contributed by atoms with Gasteiger partial charge in [0.2, 0.25) is 5.91 Å². The van der Waals surface area contributed by atoms with Crippen LogP contribution in [-0.2, 0) is 4.79 Å². The molecule has 0 radical (unpaired) electrons. The molecule has 4 nitrogen and oxygen atoms in total. The molecule has 1 atom stereocenters. The summed E-state index contributed by atoms with van der Waals surface area (Å²) in [6, 6.07) is 0. The van der Waals surface area contributed by atoms with Gasteiger partial charge in [-0.15, -0.1) is 0 Å². The molecule has 2 aliphatic rings. The van der Waals surface area contributed by atoms with Crippen molar-refractivity contribution in [3.05, 3.63) is 0 Å². The Bertz CT molecular complexity index is 330. The van der Waals surface area contributed by atoms with Crippen LogP contribution in [-0.4, -0.2) is 61.0 Å². The Morgan fingerprint density at radius 3 is 2.21 bits per heavy atom. The predicted octanol–water partition coefficient (Wildman–Crippen LogP) is 1.46. The molecule has 1 saturated heterocycles. The normalized spacial score (nSPS) is 29.9. The van der Waals surface area contributed by atoms with Gasteiger partial charge in [0.25, 0.3) is 0 Å². The van der Waals surface area contributed by atoms with Crippen molar-refractivity contribution >= 4 is 5.91 Å². The summed E-state index contributed by atoms with van der Waals surface area (Å²) < 4.78 is 0. The lowest BCUT2D eigenvalue weighted by Crippen LogP contribution is -2.62. The minimum atomic E-state index is -0.343. The number of carbonyl (C=O) groups excluding carboxylic acids is 1. The van der Waals surface area contributed by atoms with E-state index in [-0.39, 0.29) is 17.0 Å². The standard InChI is InChI=1S/C15H29N3O/c1-14(8-5-6-11-16-14)13(19)18(4)12-15(17(2)3)9-7-10-15/h16H,5-12H2,1-4H3. The monoisotopic (exact) mass is 267 g/mol. The summed E-state index contributed by atoms with van der Waals surface area (Å²) in [5, 5.41) is 3.42. The molecular formula is C15H29N3O. The molecule has 0 bridgehead atoms. The lowest BCUT2D eigenvalue weighted by Gasteiger charge is -2.50. The van der Waals surface area contributed by atoms with Gasteiger partial charge in [-0.2, -0.15) is 0 Å². The summed E-state index contributed by atoms with van der Waals surface area (Å²) in [4.78, 5) is 17.0. The van der Waals surface area contributed by atoms with Gasteiger partial charge in [-0.3, -0.25) is 4.79 Å². The third-order valence-corrected chi connectivity index (χ3v) is 5.20. The van der Waals surface area contributed by atoms with Crippen LogP contribution >= 0.6 is 0 Å². The van der Waals surface area contributed by atoms with Crippen LogP contribution < -0.4 is 5.32 Å². The van der Waals surface area contributed by atoms with Crippen LogP contribution in [0.15, 0.2) is 0 Å². The van der Waals surface area contributed by atoms with Crippen molar-refractivity contribution in [3.63, 3.8) is 0 Å². The molecule has 4 heteroatoms. The molecule has 1 N–H and O–H groups in total. The lowest BCUT2D eigenvalue weighted by atomic mass is 9.75. The highest BCUT2D eigenvalue weighted by atomic mass is 16.2. The first-order valence-electron chi connectivity index (χ1n) is 7.58. The zero-order valence-electron chi connectivity index (χ0n) is 13.0. The quantitative estimate of drug-likeness (QED) is 0.837. The summed E-state index contributed by atoms with van der Waals surface area (Å²) in [6.45, 7) is 3.89. The van der Waals surface area contributed by atoms with E-state index in [0.29, 0.717) is 0 Å². The smallest absolute Gasteiger partial charge is 0.242 e. The van der Waals surface area contributed by atoms with Crippen molar-refractivity contribution in [2.45, 2.75) is 56.5 Å². The maximum atomic E-state index is 12.7. The second kappa shape index (κ2) is 5.41. The van der Waals surface area contributed by atoms with Crippen molar-refractivity contribution in [1.29, 1.82) is 0 Å². The Labute approximate surface area is 117 Å². The minimum absolute atomic E-state index is 0.218. The summed E-state index contributed by atoms with van der Waals surface area (Å²) >= 11 is 0. The molecule has 1 heterocycles. The van der Waals surface area contributed by atoms with Crippen LogP contribution in [0, 0.1) is 0 Å². The molecule has 19 heavy (non-hydrogen) atoms. The molecule has 1 unspecified atom stereocenters. The van der Waals surface area contributed by atoms with E-state index in [1.165, 1.54) is 25.7 Å². The van der Waals surface area contributed by atoms with Crippen molar-refractivity contribution in [2.24, 2.45) is 0 Å². The van der Waals surface area contributed by atoms with Crippen LogP contribution in [0.4, 0.5) is 0 Å². The van der Waals surface area contributed by atoms with Crippen molar-refractivity contribution in [1.82, 2.24) is 15.1 Å². The van der Waals surface area contributed by atoms with Gasteiger partial charge in [-0.05, 0) is 66.1 Å². The summed E-state index contributed by atoms with van der Waals surface area (Å²) in [6.07, 6.45) is 7.01. The average Bonchev–Trinajstić information content (AvgIpc) is 2.33. The second-order valence-corrected chi connectivity index (χ2v) is 6.85. The van der Waals surface area contributed by atoms with E-state index >= 15 is 0 Å². The molecule has 2 rings (SSSR count). The molecule has 1 saturated carbocycles. The van der Waals surface area contributed by atoms with Crippen molar-refractivity contribution in [3.8, 4) is 0 Å². The first-order chi connectivity index (χ1) is 8.90. The van der Waals surface area contributed by atoms with Gasteiger partial charge in [-0.25, -0.2) is 0 Å². The average molecular weight is 267 g/mol. The van der Waals surface area contributed by atoms with Crippen molar-refractivity contribution in [2.75, 3.05) is 34.2 Å². The number of nitrogens with one attached hydrogen (secondary N) is 1. The molecular weight excluding hydrogens is 238 g/mol. The first-order valence-corrected chi connectivity index (χ1v) is 7.58. The van der Waals surface area contributed by atoms with Crippen LogP contribution in [0.2, 0.25) is 0 Å². The van der Waals surface area contributed by atoms with Crippen molar-refractivity contribution < 1.29 is 4.79 Å². The zero-order valence-corrected chi connectivity index (χ0v) is 13.0. The zero-order chi connectivity index (χ0) is 14.1. The minimum Gasteiger partial charge on any atom is -0.342 e. The number of carbonyl (C=O) groups is 1. The van der Waals surface area contributed by atoms with Gasteiger partial charge in [0.05, 0.1) is 5.54 Å². The van der Waals surface area contributed by atoms with Gasteiger partial charge >= 0.3 is 0 Å². The SMILES string of the molecule is CN(CC1(N(C)C)CCC1)C(=O)C1(C)CCCCN1. The fourth-order valence-electron chi connectivity index (χ4n) is 3.50. The second-order valence-electron chi connectivity index (χ2n) is 6.85. The Morgan fingerprint density at radius 1 is 1.11 bits per heavy atom. The van der Waals surface area contributed by atoms with Crippen LogP contribution in [0.3, 0.4) is 0 Å². The van der Waals surface area contributed by atoms with E-state index < -0.39 is 0 Å². The third kappa shape index (κ3) is 2.79. The van der Waals surface area contributed by atoms with Gasteiger partial charge in [-0.1, -0.05) is 0 Å². The number of hydrogen-bond acceptors (Lipinski definition) is 3. The topological polar surface area (TPSA) is 35.6 Å². The largest absolute Gasteiger partial charge is 0.342 e. The summed E-state index contributed by atoms with van der Waals surface area (Å²) in [5.74, 6) is 0.264. The number of hydrogen-bond donors (Lipinski definition) is 1. The van der Waals surface area contributed by atoms with E-state index in [1.807, 2.05) is 11.9 Å². The van der Waals surface area contributed by atoms with E-state index in [2.05, 4.69) is 31.2 Å². The molecule has 1 aliphatic heterocycles. The fraction of sp³-hybridized carbons (Fsp3) is 0.933. The van der Waals surface area contributed by atoms with E-state index in [4.69, 9.17) is 0 Å². The van der Waals surface area contributed by atoms with Gasteiger partial charge < -0.3 is 15.1 Å². The molecule has 0 aromatic rings. The third-order valence-electron chi connectivity index (χ3n) is 5.20. The summed E-state index contributed by atoms with van der Waals surface area (Å²) in [7, 11) is 6.24. The molecule has 110 valence electrons. The Hall–Kier alpha value is -0.610. The summed E-state index contributed by atoms with van der Waals surface area (Å²) in [5.41, 5.74) is -0.125. The highest BCUT2D eigenvalue weighted by Crippen LogP contribution is 2.37. The maximum Gasteiger partial charge on any atom is 0.242 e. The maximum absolute atomic E-state index is 12.7. The fourth-order valence-corrected chi connectivity index (χ4v) is 3.50. The van der Waals surface area contributed by atoms with Crippen LogP contribution in [0.25, 0.3) is 0 Å². The van der Waals surface area contributed by atoms with Crippen LogP contribution in [0.1, 0.15) is 45.4 Å². The van der Waals surface area contributed by atoms with E-state index in [1.54, 1.807) is 0 Å². The van der Waals surface area contributed by atoms with Crippen LogP contribution in [0.5, 0.6) is 0 Å². The highest BCUT2D eigenvalue weighted by Gasteiger charge is 2.43. The Kier molecular flexibility index (Phi) is 4.21. The number of rotatable bonds is 4.